The summed E-state index contributed by atoms with van der Waals surface area (Å²) in [6.45, 7) is 6.04. The molecule has 4 rings (SSSR count). The third-order valence-corrected chi connectivity index (χ3v) is 8.16. The molecule has 1 aliphatic heterocycles. The molecular weight excluding hydrogens is 514 g/mol. The fourth-order valence-corrected chi connectivity index (χ4v) is 5.67. The van der Waals surface area contributed by atoms with E-state index in [2.05, 4.69) is 24.7 Å². The molecule has 0 radical (unpaired) electrons. The van der Waals surface area contributed by atoms with Crippen LogP contribution in [-0.4, -0.2) is 66.0 Å². The Labute approximate surface area is 212 Å². The van der Waals surface area contributed by atoms with Gasteiger partial charge in [0, 0.05) is 55.7 Å². The van der Waals surface area contributed by atoms with Crippen molar-refractivity contribution in [3.63, 3.8) is 0 Å². The first-order valence-electron chi connectivity index (χ1n) is 11.1. The number of benzene rings is 1. The van der Waals surface area contributed by atoms with E-state index in [1.807, 2.05) is 13.8 Å². The third-order valence-electron chi connectivity index (χ3n) is 5.75. The van der Waals surface area contributed by atoms with Crippen molar-refractivity contribution in [2.24, 2.45) is 0 Å². The molecule has 1 N–H and O–H groups in total. The molecule has 0 unspecified atom stereocenters. The normalized spacial score (nSPS) is 15.2. The van der Waals surface area contributed by atoms with Crippen molar-refractivity contribution in [1.29, 1.82) is 0 Å². The molecular formula is C22H26F2N6O4S2. The van der Waals surface area contributed by atoms with Gasteiger partial charge in [-0.3, -0.25) is 9.62 Å². The van der Waals surface area contributed by atoms with Crippen LogP contribution in [0.3, 0.4) is 0 Å². The maximum atomic E-state index is 14.0. The van der Waals surface area contributed by atoms with Crippen LogP contribution in [0.4, 0.5) is 14.6 Å². The fraction of sp³-hybridized carbons (Fsp3) is 0.409. The van der Waals surface area contributed by atoms with Gasteiger partial charge in [0.15, 0.2) is 16.8 Å². The van der Waals surface area contributed by atoms with Gasteiger partial charge in [0.2, 0.25) is 5.88 Å². The summed E-state index contributed by atoms with van der Waals surface area (Å²) in [5, 5.41) is 4.12. The summed E-state index contributed by atoms with van der Waals surface area (Å²) in [6.07, 6.45) is 0. The van der Waals surface area contributed by atoms with Crippen LogP contribution in [0, 0.1) is 25.5 Å². The van der Waals surface area contributed by atoms with Gasteiger partial charge in [-0.1, -0.05) is 29.1 Å². The average molecular weight is 541 g/mol. The van der Waals surface area contributed by atoms with E-state index in [1.165, 1.54) is 29.6 Å². The first-order valence-corrected chi connectivity index (χ1v) is 13.5. The Morgan fingerprint density at radius 2 is 1.92 bits per heavy atom. The van der Waals surface area contributed by atoms with Gasteiger partial charge < -0.3 is 9.26 Å². The van der Waals surface area contributed by atoms with Crippen LogP contribution in [0.5, 0.6) is 5.88 Å². The van der Waals surface area contributed by atoms with Crippen molar-refractivity contribution in [3.05, 3.63) is 58.5 Å². The van der Waals surface area contributed by atoms with Crippen LogP contribution in [0.1, 0.15) is 22.6 Å². The van der Waals surface area contributed by atoms with Gasteiger partial charge in [0.05, 0.1) is 12.8 Å². The molecule has 14 heteroatoms. The van der Waals surface area contributed by atoms with E-state index in [0.29, 0.717) is 32.7 Å². The summed E-state index contributed by atoms with van der Waals surface area (Å²) in [7, 11) is -2.51. The minimum Gasteiger partial charge on any atom is -0.481 e. The molecule has 3 heterocycles. The number of nitrogens with one attached hydrogen (secondary N) is 1. The molecule has 10 nitrogen and oxygen atoms in total. The number of ether oxygens (including phenoxy) is 1. The minimum absolute atomic E-state index is 0.0159. The van der Waals surface area contributed by atoms with Gasteiger partial charge in [-0.25, -0.2) is 13.8 Å². The molecule has 3 aromatic rings. The van der Waals surface area contributed by atoms with E-state index in [-0.39, 0.29) is 28.2 Å². The van der Waals surface area contributed by atoms with Gasteiger partial charge in [0.25, 0.3) is 0 Å². The predicted molar refractivity (Wildman–Crippen MR) is 130 cm³/mol. The summed E-state index contributed by atoms with van der Waals surface area (Å²) in [4.78, 5) is 10.5. The van der Waals surface area contributed by atoms with Crippen LogP contribution in [0.15, 0.2) is 33.9 Å². The highest BCUT2D eigenvalue weighted by Gasteiger charge is 2.28. The van der Waals surface area contributed by atoms with Crippen molar-refractivity contribution in [1.82, 2.24) is 24.3 Å². The molecule has 0 atom stereocenters. The molecule has 2 aromatic heterocycles. The van der Waals surface area contributed by atoms with Crippen LogP contribution < -0.4 is 9.46 Å². The summed E-state index contributed by atoms with van der Waals surface area (Å²) in [6, 6.07) is 5.27. The summed E-state index contributed by atoms with van der Waals surface area (Å²) < 4.78 is 67.7. The molecule has 0 spiro atoms. The summed E-state index contributed by atoms with van der Waals surface area (Å²) in [5.41, 5.74) is 1.99. The number of piperazine rings is 1. The maximum absolute atomic E-state index is 14.0. The second-order valence-corrected chi connectivity index (χ2v) is 10.8. The SMILES string of the molecule is COc1cc(NS(=O)(=O)N2CCN(Cc3c(C)noc3C)CC2)nc(SCc2cccc(F)c2F)n1. The summed E-state index contributed by atoms with van der Waals surface area (Å²) >= 11 is 1.03. The number of methoxy groups -OCH3 is 1. The van der Waals surface area contributed by atoms with Gasteiger partial charge in [0.1, 0.15) is 11.6 Å². The van der Waals surface area contributed by atoms with Gasteiger partial charge in [-0.05, 0) is 19.9 Å². The van der Waals surface area contributed by atoms with E-state index < -0.39 is 21.8 Å². The quantitative estimate of drug-likeness (QED) is 0.323. The number of hydrogen-bond donors (Lipinski definition) is 1. The van der Waals surface area contributed by atoms with Crippen molar-refractivity contribution >= 4 is 27.8 Å². The molecule has 0 aliphatic carbocycles. The molecule has 1 aliphatic rings. The molecule has 36 heavy (non-hydrogen) atoms. The smallest absolute Gasteiger partial charge is 0.302 e. The maximum Gasteiger partial charge on any atom is 0.302 e. The van der Waals surface area contributed by atoms with Crippen molar-refractivity contribution in [2.45, 2.75) is 31.3 Å². The topological polar surface area (TPSA) is 114 Å². The Morgan fingerprint density at radius 3 is 2.58 bits per heavy atom. The number of nitrogens with zero attached hydrogens (tertiary/aromatic N) is 5. The zero-order chi connectivity index (χ0) is 25.9. The lowest BCUT2D eigenvalue weighted by molar-refractivity contribution is 0.181. The lowest BCUT2D eigenvalue weighted by Gasteiger charge is -2.33. The molecule has 1 fully saturated rings. The number of thioether (sulfide) groups is 1. The van der Waals surface area contributed by atoms with Crippen LogP contribution in [-0.2, 0) is 22.5 Å². The number of rotatable bonds is 9. The van der Waals surface area contributed by atoms with Crippen molar-refractivity contribution in [3.8, 4) is 5.88 Å². The Hall–Kier alpha value is -2.81. The van der Waals surface area contributed by atoms with Gasteiger partial charge in [-0.2, -0.15) is 17.7 Å². The number of anilines is 1. The minimum atomic E-state index is -3.90. The molecule has 194 valence electrons. The zero-order valence-corrected chi connectivity index (χ0v) is 21.6. The number of aromatic nitrogens is 3. The lowest BCUT2D eigenvalue weighted by Crippen LogP contribution is -2.50. The number of aryl methyl sites for hydroxylation is 2. The van der Waals surface area contributed by atoms with E-state index >= 15 is 0 Å². The second kappa shape index (κ2) is 11.1. The molecule has 0 saturated carbocycles. The number of halogens is 2. The lowest BCUT2D eigenvalue weighted by atomic mass is 10.2. The monoisotopic (exact) mass is 540 g/mol. The van der Waals surface area contributed by atoms with Gasteiger partial charge >= 0.3 is 10.2 Å². The first-order chi connectivity index (χ1) is 17.2. The molecule has 1 saturated heterocycles. The highest BCUT2D eigenvalue weighted by Crippen LogP contribution is 2.26. The largest absolute Gasteiger partial charge is 0.481 e. The Kier molecular flexibility index (Phi) is 8.07. The van der Waals surface area contributed by atoms with E-state index in [4.69, 9.17) is 9.26 Å². The second-order valence-electron chi connectivity index (χ2n) is 8.16. The van der Waals surface area contributed by atoms with Crippen molar-refractivity contribution in [2.75, 3.05) is 38.0 Å². The summed E-state index contributed by atoms with van der Waals surface area (Å²) in [5.74, 6) is -0.926. The average Bonchev–Trinajstić information content (AvgIpc) is 3.17. The molecule has 0 amide bonds. The van der Waals surface area contributed by atoms with E-state index in [1.54, 1.807) is 0 Å². The Bertz CT molecular complexity index is 1310. The third kappa shape index (κ3) is 6.11. The first kappa shape index (κ1) is 26.3. The van der Waals surface area contributed by atoms with E-state index in [9.17, 15) is 17.2 Å². The van der Waals surface area contributed by atoms with Crippen molar-refractivity contribution < 1.29 is 26.5 Å². The fourth-order valence-electron chi connectivity index (χ4n) is 3.70. The molecule has 0 bridgehead atoms. The zero-order valence-electron chi connectivity index (χ0n) is 20.0. The van der Waals surface area contributed by atoms with Crippen LogP contribution >= 0.6 is 11.8 Å². The standard InChI is InChI=1S/C22H26F2N6O4S2/c1-14-17(15(2)34-27-14)12-29-7-9-30(10-8-29)36(31,32)28-19-11-20(33-3)26-22(25-19)35-13-16-5-4-6-18(23)21(16)24/h4-6,11H,7-10,12-13H2,1-3H3,(H,25,26,28). The van der Waals surface area contributed by atoms with E-state index in [0.717, 1.165) is 34.8 Å². The predicted octanol–water partition coefficient (Wildman–Crippen LogP) is 3.14. The Morgan fingerprint density at radius 1 is 1.17 bits per heavy atom. The highest BCUT2D eigenvalue weighted by molar-refractivity contribution is 7.98. The number of hydrogen-bond acceptors (Lipinski definition) is 9. The van der Waals surface area contributed by atoms with Gasteiger partial charge in [-0.15, -0.1) is 0 Å². The Balaban J connectivity index is 1.40. The molecule has 1 aromatic carbocycles. The van der Waals surface area contributed by atoms with Crippen LogP contribution in [0.25, 0.3) is 0 Å². The van der Waals surface area contributed by atoms with Crippen LogP contribution in [0.2, 0.25) is 0 Å². The highest BCUT2D eigenvalue weighted by atomic mass is 32.2.